The maximum absolute atomic E-state index is 12.2. The maximum atomic E-state index is 12.2. The smallest absolute Gasteiger partial charge is 0.267 e. The summed E-state index contributed by atoms with van der Waals surface area (Å²) in [5.74, 6) is 0.622. The van der Waals surface area contributed by atoms with Gasteiger partial charge in [0.15, 0.2) is 6.10 Å². The van der Waals surface area contributed by atoms with Crippen LogP contribution in [0.5, 0.6) is 5.75 Å². The molecule has 1 amide bonds. The molecule has 23 heavy (non-hydrogen) atoms. The molecule has 0 aliphatic rings. The van der Waals surface area contributed by atoms with Crippen molar-refractivity contribution in [1.82, 2.24) is 14.6 Å². The number of hydrogen-bond acceptors (Lipinski definition) is 5. The molecule has 0 bridgehead atoms. The molecule has 0 radical (unpaired) electrons. The van der Waals surface area contributed by atoms with Gasteiger partial charge in [-0.2, -0.15) is 4.98 Å². The quantitative estimate of drug-likeness (QED) is 0.733. The number of nitrogens with zero attached hydrogens (tertiary/aromatic N) is 3. The Kier molecular flexibility index (Phi) is 4.36. The molecule has 1 N–H and O–H groups in total. The Morgan fingerprint density at radius 1 is 1.35 bits per heavy atom. The predicted octanol–water partition coefficient (Wildman–Crippen LogP) is 3.58. The van der Waals surface area contributed by atoms with E-state index in [4.69, 9.17) is 4.74 Å². The molecular formula is C15H15BrN4O2S. The van der Waals surface area contributed by atoms with E-state index < -0.39 is 6.10 Å². The lowest BCUT2D eigenvalue weighted by molar-refractivity contribution is -0.122. The summed E-state index contributed by atoms with van der Waals surface area (Å²) in [6.45, 7) is 5.67. The van der Waals surface area contributed by atoms with Gasteiger partial charge in [-0.05, 0) is 45.0 Å². The molecule has 0 fully saturated rings. The lowest BCUT2D eigenvalue weighted by Crippen LogP contribution is -2.30. The van der Waals surface area contributed by atoms with Crippen LogP contribution in [0.4, 0.5) is 5.95 Å². The summed E-state index contributed by atoms with van der Waals surface area (Å²) in [5, 5.41) is 6.98. The summed E-state index contributed by atoms with van der Waals surface area (Å²) >= 11 is 4.90. The van der Waals surface area contributed by atoms with Gasteiger partial charge in [0, 0.05) is 9.35 Å². The largest absolute Gasteiger partial charge is 0.481 e. The maximum Gasteiger partial charge on any atom is 0.267 e. The number of carbonyl (C=O) groups is 1. The van der Waals surface area contributed by atoms with Gasteiger partial charge in [-0.3, -0.25) is 10.1 Å². The van der Waals surface area contributed by atoms with E-state index in [1.807, 2.05) is 26.0 Å². The topological polar surface area (TPSA) is 68.5 Å². The van der Waals surface area contributed by atoms with E-state index in [1.54, 1.807) is 34.9 Å². The Bertz CT molecular complexity index is 856. The zero-order chi connectivity index (χ0) is 16.6. The van der Waals surface area contributed by atoms with Crippen LogP contribution in [-0.2, 0) is 4.79 Å². The van der Waals surface area contributed by atoms with Gasteiger partial charge >= 0.3 is 0 Å². The third-order valence-corrected chi connectivity index (χ3v) is 4.96. The van der Waals surface area contributed by atoms with Crippen LogP contribution >= 0.6 is 27.3 Å². The lowest BCUT2D eigenvalue weighted by Gasteiger charge is -2.13. The van der Waals surface area contributed by atoms with Gasteiger partial charge in [0.2, 0.25) is 4.96 Å². The van der Waals surface area contributed by atoms with E-state index in [2.05, 4.69) is 31.3 Å². The van der Waals surface area contributed by atoms with Crippen LogP contribution in [-0.4, -0.2) is 26.6 Å². The van der Waals surface area contributed by atoms with Crippen molar-refractivity contribution in [3.8, 4) is 5.75 Å². The first kappa shape index (κ1) is 15.9. The fourth-order valence-corrected chi connectivity index (χ4v) is 3.15. The van der Waals surface area contributed by atoms with E-state index in [1.165, 1.54) is 0 Å². The normalized spacial score (nSPS) is 12.3. The van der Waals surface area contributed by atoms with E-state index in [9.17, 15) is 4.79 Å². The van der Waals surface area contributed by atoms with E-state index in [-0.39, 0.29) is 11.9 Å². The summed E-state index contributed by atoms with van der Waals surface area (Å²) in [6, 6.07) is 7.31. The third kappa shape index (κ3) is 3.37. The van der Waals surface area contributed by atoms with Crippen molar-refractivity contribution >= 4 is 44.1 Å². The zero-order valence-electron chi connectivity index (χ0n) is 12.8. The number of amides is 1. The van der Waals surface area contributed by atoms with E-state index in [0.717, 1.165) is 20.0 Å². The first-order chi connectivity index (χ1) is 10.9. The Morgan fingerprint density at radius 3 is 2.70 bits per heavy atom. The number of fused-ring (bicyclic) bond motifs is 1. The van der Waals surface area contributed by atoms with Crippen molar-refractivity contribution in [3.63, 3.8) is 0 Å². The highest BCUT2D eigenvalue weighted by Gasteiger charge is 2.18. The van der Waals surface area contributed by atoms with Crippen LogP contribution in [0.25, 0.3) is 4.96 Å². The molecule has 8 heteroatoms. The number of nitrogens with one attached hydrogen (secondary N) is 1. The summed E-state index contributed by atoms with van der Waals surface area (Å²) in [4.78, 5) is 18.4. The van der Waals surface area contributed by atoms with Crippen molar-refractivity contribution < 1.29 is 9.53 Å². The van der Waals surface area contributed by atoms with Gasteiger partial charge in [-0.25, -0.2) is 4.52 Å². The van der Waals surface area contributed by atoms with Crippen LogP contribution < -0.4 is 10.1 Å². The van der Waals surface area contributed by atoms with Crippen molar-refractivity contribution in [2.24, 2.45) is 0 Å². The van der Waals surface area contributed by atoms with Crippen molar-refractivity contribution in [2.75, 3.05) is 5.32 Å². The first-order valence-electron chi connectivity index (χ1n) is 7.00. The Balaban J connectivity index is 1.68. The molecule has 0 aliphatic heterocycles. The second kappa shape index (κ2) is 6.29. The summed E-state index contributed by atoms with van der Waals surface area (Å²) in [5.41, 5.74) is 1.03. The SMILES string of the molecule is Cc1sc2nc(NC(=O)C(C)Oc3ccc(Br)cc3)nn2c1C. The third-order valence-electron chi connectivity index (χ3n) is 3.38. The van der Waals surface area contributed by atoms with Crippen LogP contribution in [0.2, 0.25) is 0 Å². The molecule has 0 saturated carbocycles. The molecule has 1 aromatic carbocycles. The Hall–Kier alpha value is -1.93. The molecule has 6 nitrogen and oxygen atoms in total. The van der Waals surface area contributed by atoms with Crippen molar-refractivity contribution in [2.45, 2.75) is 26.9 Å². The molecule has 120 valence electrons. The molecular weight excluding hydrogens is 380 g/mol. The van der Waals surface area contributed by atoms with E-state index in [0.29, 0.717) is 5.75 Å². The number of carbonyl (C=O) groups excluding carboxylic acids is 1. The zero-order valence-corrected chi connectivity index (χ0v) is 15.2. The molecule has 3 aromatic rings. The molecule has 2 heterocycles. The Morgan fingerprint density at radius 2 is 2.04 bits per heavy atom. The highest BCUT2D eigenvalue weighted by atomic mass is 79.9. The molecule has 1 unspecified atom stereocenters. The lowest BCUT2D eigenvalue weighted by atomic mass is 10.3. The molecule has 0 spiro atoms. The molecule has 1 atom stereocenters. The number of thiazole rings is 1. The molecule has 3 rings (SSSR count). The number of anilines is 1. The molecule has 2 aromatic heterocycles. The molecule has 0 aliphatic carbocycles. The van der Waals surface area contributed by atoms with Crippen LogP contribution in [0, 0.1) is 13.8 Å². The standard InChI is InChI=1S/C15H15BrN4O2S/c1-8-10(3)23-15-18-14(19-20(8)15)17-13(21)9(2)22-12-6-4-11(16)5-7-12/h4-7,9H,1-3H3,(H,17,19,21). The van der Waals surface area contributed by atoms with Crippen LogP contribution in [0.1, 0.15) is 17.5 Å². The van der Waals surface area contributed by atoms with Gasteiger partial charge in [0.25, 0.3) is 11.9 Å². The van der Waals surface area contributed by atoms with Gasteiger partial charge in [-0.1, -0.05) is 27.3 Å². The summed E-state index contributed by atoms with van der Waals surface area (Å²) in [6.07, 6.45) is -0.652. The van der Waals surface area contributed by atoms with Gasteiger partial charge in [0.05, 0.1) is 5.69 Å². The highest BCUT2D eigenvalue weighted by Crippen LogP contribution is 2.21. The van der Waals surface area contributed by atoms with Gasteiger partial charge in [-0.15, -0.1) is 5.10 Å². The minimum atomic E-state index is -0.652. The summed E-state index contributed by atoms with van der Waals surface area (Å²) < 4.78 is 8.29. The number of aromatic nitrogens is 3. The van der Waals surface area contributed by atoms with Gasteiger partial charge in [0.1, 0.15) is 5.75 Å². The van der Waals surface area contributed by atoms with E-state index >= 15 is 0 Å². The number of ether oxygens (including phenoxy) is 1. The molecule has 0 saturated heterocycles. The number of rotatable bonds is 4. The first-order valence-corrected chi connectivity index (χ1v) is 8.61. The van der Waals surface area contributed by atoms with Crippen molar-refractivity contribution in [3.05, 3.63) is 39.3 Å². The number of halogens is 1. The number of aryl methyl sites for hydroxylation is 2. The Labute approximate surface area is 145 Å². The van der Waals surface area contributed by atoms with Crippen molar-refractivity contribution in [1.29, 1.82) is 0 Å². The fraction of sp³-hybridized carbons (Fsp3) is 0.267. The number of hydrogen-bond donors (Lipinski definition) is 1. The minimum Gasteiger partial charge on any atom is -0.481 e. The second-order valence-corrected chi connectivity index (χ2v) is 7.17. The highest BCUT2D eigenvalue weighted by molar-refractivity contribution is 9.10. The second-order valence-electron chi connectivity index (χ2n) is 5.08. The number of benzene rings is 1. The fourth-order valence-electron chi connectivity index (χ4n) is 1.98. The monoisotopic (exact) mass is 394 g/mol. The van der Waals surface area contributed by atoms with Crippen LogP contribution in [0.15, 0.2) is 28.7 Å². The average Bonchev–Trinajstić information content (AvgIpc) is 3.01. The summed E-state index contributed by atoms with van der Waals surface area (Å²) in [7, 11) is 0. The average molecular weight is 395 g/mol. The van der Waals surface area contributed by atoms with Crippen LogP contribution in [0.3, 0.4) is 0 Å². The minimum absolute atomic E-state index is 0.288. The predicted molar refractivity (Wildman–Crippen MR) is 93.2 cm³/mol. The van der Waals surface area contributed by atoms with Gasteiger partial charge < -0.3 is 4.74 Å².